The van der Waals surface area contributed by atoms with Gasteiger partial charge in [-0.15, -0.1) is 0 Å². The van der Waals surface area contributed by atoms with E-state index in [1.54, 1.807) is 12.1 Å². The molecule has 0 saturated carbocycles. The van der Waals surface area contributed by atoms with Gasteiger partial charge in [-0.25, -0.2) is 4.39 Å². The molecule has 0 radical (unpaired) electrons. The Morgan fingerprint density at radius 1 is 1.10 bits per heavy atom. The first-order valence-electron chi connectivity index (χ1n) is 10.3. The van der Waals surface area contributed by atoms with E-state index in [1.165, 1.54) is 6.07 Å². The number of fused-ring (bicyclic) bond motifs is 5. The largest absolute Gasteiger partial charge is 0.480 e. The van der Waals surface area contributed by atoms with E-state index in [0.717, 1.165) is 44.6 Å². The van der Waals surface area contributed by atoms with Crippen LogP contribution in [-0.4, -0.2) is 5.54 Å². The first-order valence-corrected chi connectivity index (χ1v) is 10.7. The van der Waals surface area contributed by atoms with Gasteiger partial charge in [-0.3, -0.25) is 0 Å². The topological polar surface area (TPSA) is 21.3 Å². The van der Waals surface area contributed by atoms with Crippen LogP contribution < -0.4 is 10.1 Å². The number of rotatable bonds is 2. The van der Waals surface area contributed by atoms with Crippen molar-refractivity contribution >= 4 is 22.9 Å². The van der Waals surface area contributed by atoms with Gasteiger partial charge in [-0.1, -0.05) is 48.5 Å². The third-order valence-corrected chi connectivity index (χ3v) is 6.37. The molecule has 4 heteroatoms. The van der Waals surface area contributed by atoms with Crippen LogP contribution in [0.15, 0.2) is 67.3 Å². The fraction of sp³-hybridized carbons (Fsp3) is 0.185. The summed E-state index contributed by atoms with van der Waals surface area (Å²) in [6, 6.07) is 14.8. The van der Waals surface area contributed by atoms with E-state index in [0.29, 0.717) is 10.8 Å². The third kappa shape index (κ3) is 3.24. The lowest BCUT2D eigenvalue weighted by atomic mass is 9.80. The van der Waals surface area contributed by atoms with Crippen LogP contribution in [0.1, 0.15) is 42.2 Å². The minimum atomic E-state index is -0.356. The minimum absolute atomic E-state index is 0.212. The van der Waals surface area contributed by atoms with Crippen LogP contribution in [-0.2, 0) is 0 Å². The summed E-state index contributed by atoms with van der Waals surface area (Å²) < 4.78 is 20.7. The van der Waals surface area contributed by atoms with E-state index in [2.05, 4.69) is 50.0 Å². The van der Waals surface area contributed by atoms with Crippen LogP contribution in [0.4, 0.5) is 10.1 Å². The van der Waals surface area contributed by atoms with E-state index >= 15 is 0 Å². The quantitative estimate of drug-likeness (QED) is 0.448. The second-order valence-corrected chi connectivity index (χ2v) is 9.15. The summed E-state index contributed by atoms with van der Waals surface area (Å²) in [4.78, 5) is 0. The van der Waals surface area contributed by atoms with Crippen LogP contribution in [0.2, 0.25) is 5.02 Å². The van der Waals surface area contributed by atoms with Crippen molar-refractivity contribution in [2.24, 2.45) is 0 Å². The molecule has 0 spiro atoms. The van der Waals surface area contributed by atoms with Crippen molar-refractivity contribution in [3.63, 3.8) is 0 Å². The molecule has 2 nitrogen and oxygen atoms in total. The Balaban J connectivity index is 1.83. The van der Waals surface area contributed by atoms with E-state index in [1.807, 2.05) is 25.1 Å². The second kappa shape index (κ2) is 7.00. The van der Waals surface area contributed by atoms with Gasteiger partial charge in [0.1, 0.15) is 11.6 Å². The highest BCUT2D eigenvalue weighted by molar-refractivity contribution is 6.31. The average Bonchev–Trinajstić information content (AvgIpc) is 2.73. The number of anilines is 1. The van der Waals surface area contributed by atoms with Crippen molar-refractivity contribution in [2.75, 3.05) is 5.32 Å². The Bertz CT molecular complexity index is 1270. The number of ether oxygens (including phenoxy) is 1. The zero-order chi connectivity index (χ0) is 21.9. The first-order chi connectivity index (χ1) is 14.8. The Kier molecular flexibility index (Phi) is 4.49. The molecular formula is C27H23ClFNO. The normalized spacial score (nSPS) is 18.0. The van der Waals surface area contributed by atoms with Crippen molar-refractivity contribution < 1.29 is 9.13 Å². The van der Waals surface area contributed by atoms with Crippen molar-refractivity contribution in [1.29, 1.82) is 0 Å². The van der Waals surface area contributed by atoms with Gasteiger partial charge in [-0.2, -0.15) is 0 Å². The number of benzene rings is 3. The summed E-state index contributed by atoms with van der Waals surface area (Å²) in [6.45, 7) is 10.3. The van der Waals surface area contributed by atoms with Gasteiger partial charge >= 0.3 is 0 Å². The van der Waals surface area contributed by atoms with Crippen molar-refractivity contribution in [3.8, 4) is 16.9 Å². The van der Waals surface area contributed by atoms with Crippen LogP contribution in [0.3, 0.4) is 0 Å². The highest BCUT2D eigenvalue weighted by atomic mass is 35.5. The maximum atomic E-state index is 14.2. The van der Waals surface area contributed by atoms with Crippen molar-refractivity contribution in [1.82, 2.24) is 0 Å². The predicted octanol–water partition coefficient (Wildman–Crippen LogP) is 7.71. The number of nitrogens with one attached hydrogen (secondary N) is 1. The van der Waals surface area contributed by atoms with Gasteiger partial charge in [0, 0.05) is 27.4 Å². The lowest BCUT2D eigenvalue weighted by Crippen LogP contribution is -2.32. The third-order valence-electron chi connectivity index (χ3n) is 5.95. The smallest absolute Gasteiger partial charge is 0.150 e. The molecule has 31 heavy (non-hydrogen) atoms. The molecule has 1 N–H and O–H groups in total. The van der Waals surface area contributed by atoms with Gasteiger partial charge in [-0.05, 0) is 73.4 Å². The molecule has 5 rings (SSSR count). The van der Waals surface area contributed by atoms with E-state index in [9.17, 15) is 4.39 Å². The molecule has 1 unspecified atom stereocenters. The highest BCUT2D eigenvalue weighted by Gasteiger charge is 2.35. The zero-order valence-corrected chi connectivity index (χ0v) is 18.5. The standard InChI is InChI=1S/C27H23ClFNO/c1-5-16-14-27(3,4)30-22-10-8-19-20-13-18(29)7-11-23(20)31-26(25(19)24(16)22)17-6-9-21(28)15(2)12-17/h5-14,26,30H,1H2,2-4H3. The molecule has 0 saturated heterocycles. The number of hydrogen-bond donors (Lipinski definition) is 1. The van der Waals surface area contributed by atoms with Crippen LogP contribution in [0, 0.1) is 12.7 Å². The summed E-state index contributed by atoms with van der Waals surface area (Å²) in [7, 11) is 0. The van der Waals surface area contributed by atoms with Crippen LogP contribution >= 0.6 is 11.6 Å². The maximum Gasteiger partial charge on any atom is 0.150 e. The molecule has 2 aliphatic rings. The maximum absolute atomic E-state index is 14.2. The molecule has 2 aliphatic heterocycles. The van der Waals surface area contributed by atoms with Crippen LogP contribution in [0.5, 0.6) is 5.75 Å². The molecule has 0 aromatic heterocycles. The highest BCUT2D eigenvalue weighted by Crippen LogP contribution is 2.51. The Labute approximate surface area is 187 Å². The van der Waals surface area contributed by atoms with E-state index in [-0.39, 0.29) is 17.5 Å². The Morgan fingerprint density at radius 3 is 2.65 bits per heavy atom. The molecular weight excluding hydrogens is 409 g/mol. The first kappa shape index (κ1) is 19.9. The Morgan fingerprint density at radius 2 is 1.90 bits per heavy atom. The summed E-state index contributed by atoms with van der Waals surface area (Å²) in [5.74, 6) is 0.380. The van der Waals surface area contributed by atoms with Gasteiger partial charge in [0.2, 0.25) is 0 Å². The monoisotopic (exact) mass is 431 g/mol. The summed E-state index contributed by atoms with van der Waals surface area (Å²) in [5.41, 5.74) is 7.59. The van der Waals surface area contributed by atoms with Gasteiger partial charge < -0.3 is 10.1 Å². The van der Waals surface area contributed by atoms with Gasteiger partial charge in [0.05, 0.1) is 5.54 Å². The van der Waals surface area contributed by atoms with Crippen molar-refractivity contribution in [2.45, 2.75) is 32.4 Å². The fourth-order valence-electron chi connectivity index (χ4n) is 4.61. The second-order valence-electron chi connectivity index (χ2n) is 8.75. The molecule has 0 aliphatic carbocycles. The molecule has 3 aromatic rings. The molecule has 0 amide bonds. The summed E-state index contributed by atoms with van der Waals surface area (Å²) in [6.07, 6.45) is 3.70. The lowest BCUT2D eigenvalue weighted by Gasteiger charge is -2.37. The average molecular weight is 432 g/mol. The number of allylic oxidation sites excluding steroid dienone is 2. The summed E-state index contributed by atoms with van der Waals surface area (Å²) in [5, 5.41) is 4.32. The van der Waals surface area contributed by atoms with Crippen LogP contribution in [0.25, 0.3) is 16.7 Å². The fourth-order valence-corrected chi connectivity index (χ4v) is 4.73. The van der Waals surface area contributed by atoms with Gasteiger partial charge in [0.15, 0.2) is 6.10 Å². The van der Waals surface area contributed by atoms with Crippen molar-refractivity contribution in [3.05, 3.63) is 100 Å². The molecule has 0 bridgehead atoms. The van der Waals surface area contributed by atoms with E-state index < -0.39 is 0 Å². The molecule has 156 valence electrons. The zero-order valence-electron chi connectivity index (χ0n) is 17.7. The number of aryl methyl sites for hydroxylation is 1. The molecule has 1 atom stereocenters. The van der Waals surface area contributed by atoms with Gasteiger partial charge in [0.25, 0.3) is 0 Å². The Hall–Kier alpha value is -3.04. The molecule has 0 fully saturated rings. The van der Waals surface area contributed by atoms with E-state index in [4.69, 9.17) is 16.3 Å². The summed E-state index contributed by atoms with van der Waals surface area (Å²) >= 11 is 6.30. The number of halogens is 2. The SMILES string of the molecule is C=CC1=CC(C)(C)Nc2ccc3c(c21)C(c1ccc(Cl)c(C)c1)Oc1ccc(F)cc1-3. The lowest BCUT2D eigenvalue weighted by molar-refractivity contribution is 0.243. The minimum Gasteiger partial charge on any atom is -0.480 e. The predicted molar refractivity (Wildman–Crippen MR) is 126 cm³/mol. The molecule has 3 aromatic carbocycles. The molecule has 2 heterocycles. The number of hydrogen-bond acceptors (Lipinski definition) is 2.